The Morgan fingerprint density at radius 1 is 1.17 bits per heavy atom. The molecule has 2 aromatic carbocycles. The Hall–Kier alpha value is -2.07. The van der Waals surface area contributed by atoms with E-state index in [0.29, 0.717) is 0 Å². The summed E-state index contributed by atoms with van der Waals surface area (Å²) in [4.78, 5) is 2.12. The average molecular weight is 340 g/mol. The topological polar surface area (TPSA) is 24.5 Å². The minimum Gasteiger partial charge on any atom is -0.486 e. The van der Waals surface area contributed by atoms with Crippen LogP contribution < -0.4 is 15.0 Å². The van der Waals surface area contributed by atoms with Crippen LogP contribution in [-0.4, -0.2) is 18.2 Å². The largest absolute Gasteiger partial charge is 0.486 e. The molecule has 0 aromatic heterocycles. The summed E-state index contributed by atoms with van der Waals surface area (Å²) in [7, 11) is 0. The number of benzene rings is 2. The summed E-state index contributed by atoms with van der Waals surface area (Å²) < 4.78 is 6.35. The van der Waals surface area contributed by atoms with E-state index in [0.717, 1.165) is 42.5 Å². The Morgan fingerprint density at radius 2 is 2.00 bits per heavy atom. The van der Waals surface area contributed by atoms with Crippen LogP contribution in [0.4, 0.5) is 5.69 Å². The Balaban J connectivity index is 1.78. The van der Waals surface area contributed by atoms with Gasteiger partial charge in [-0.2, -0.15) is 0 Å². The Labute approximate surface area is 149 Å². The first-order valence-electron chi connectivity index (χ1n) is 8.65. The summed E-state index contributed by atoms with van der Waals surface area (Å²) in [5, 5.41) is 3.99. The summed E-state index contributed by atoms with van der Waals surface area (Å²) in [6.07, 6.45) is 3.43. The highest BCUT2D eigenvalue weighted by Gasteiger charge is 2.19. The minimum absolute atomic E-state index is 0.0880. The Morgan fingerprint density at radius 3 is 2.71 bits per heavy atom. The van der Waals surface area contributed by atoms with Gasteiger partial charge in [-0.15, -0.1) is 0 Å². The van der Waals surface area contributed by atoms with Crippen LogP contribution in [0.5, 0.6) is 5.75 Å². The molecule has 1 aliphatic rings. The number of hydrogen-bond acceptors (Lipinski definition) is 2. The van der Waals surface area contributed by atoms with Crippen molar-refractivity contribution in [2.45, 2.75) is 32.3 Å². The van der Waals surface area contributed by atoms with Crippen molar-refractivity contribution in [3.05, 3.63) is 60.2 Å². The third kappa shape index (κ3) is 4.06. The highest BCUT2D eigenvalue weighted by atomic mass is 32.1. The van der Waals surface area contributed by atoms with Gasteiger partial charge >= 0.3 is 0 Å². The van der Waals surface area contributed by atoms with Crippen LogP contribution in [0.3, 0.4) is 0 Å². The standard InChI is InChI=1S/C20H24N2OS/c1-2-3-12-19(16-8-5-4-6-9-16)23-18-11-7-10-17(15-18)22-14-13-21-20(22)24/h4-11,15,19H,2-3,12-14H2,1H3,(H,21,24). The molecule has 2 aromatic rings. The van der Waals surface area contributed by atoms with Crippen molar-refractivity contribution in [1.82, 2.24) is 5.32 Å². The van der Waals surface area contributed by atoms with Gasteiger partial charge in [0, 0.05) is 24.8 Å². The number of nitrogens with one attached hydrogen (secondary N) is 1. The summed E-state index contributed by atoms with van der Waals surface area (Å²) in [6.45, 7) is 4.01. The number of nitrogens with zero attached hydrogens (tertiary/aromatic N) is 1. The maximum absolute atomic E-state index is 6.35. The van der Waals surface area contributed by atoms with Crippen molar-refractivity contribution in [3.8, 4) is 5.75 Å². The molecule has 3 nitrogen and oxygen atoms in total. The Kier molecular flexibility index (Phi) is 5.70. The molecule has 0 bridgehead atoms. The normalized spacial score (nSPS) is 15.2. The van der Waals surface area contributed by atoms with Gasteiger partial charge in [-0.3, -0.25) is 0 Å². The van der Waals surface area contributed by atoms with E-state index in [1.54, 1.807) is 0 Å². The monoisotopic (exact) mass is 340 g/mol. The van der Waals surface area contributed by atoms with E-state index in [-0.39, 0.29) is 6.10 Å². The van der Waals surface area contributed by atoms with Crippen molar-refractivity contribution in [3.63, 3.8) is 0 Å². The quantitative estimate of drug-likeness (QED) is 0.739. The molecule has 1 fully saturated rings. The summed E-state index contributed by atoms with van der Waals surface area (Å²) >= 11 is 5.36. The molecule has 1 N–H and O–H groups in total. The molecule has 1 saturated heterocycles. The fourth-order valence-corrected chi connectivity index (χ4v) is 3.26. The predicted octanol–water partition coefficient (Wildman–Crippen LogP) is 4.69. The van der Waals surface area contributed by atoms with Crippen LogP contribution in [0, 0.1) is 0 Å². The molecule has 0 aliphatic carbocycles. The van der Waals surface area contributed by atoms with E-state index in [4.69, 9.17) is 17.0 Å². The first-order chi connectivity index (χ1) is 11.8. The van der Waals surface area contributed by atoms with E-state index in [1.807, 2.05) is 18.2 Å². The molecular weight excluding hydrogens is 316 g/mol. The summed E-state index contributed by atoms with van der Waals surface area (Å²) in [5.41, 5.74) is 2.32. The Bertz CT molecular complexity index is 674. The van der Waals surface area contributed by atoms with Crippen LogP contribution in [0.2, 0.25) is 0 Å². The van der Waals surface area contributed by atoms with Crippen LogP contribution in [-0.2, 0) is 0 Å². The second-order valence-corrected chi connectivity index (χ2v) is 6.43. The maximum Gasteiger partial charge on any atom is 0.173 e. The molecule has 0 amide bonds. The molecule has 1 heterocycles. The van der Waals surface area contributed by atoms with Gasteiger partial charge < -0.3 is 15.0 Å². The minimum atomic E-state index is 0.0880. The van der Waals surface area contributed by atoms with Crippen molar-refractivity contribution in [2.75, 3.05) is 18.0 Å². The highest BCUT2D eigenvalue weighted by molar-refractivity contribution is 7.80. The van der Waals surface area contributed by atoms with Gasteiger partial charge in [0.15, 0.2) is 5.11 Å². The van der Waals surface area contributed by atoms with Gasteiger partial charge in [0.2, 0.25) is 0 Å². The lowest BCUT2D eigenvalue weighted by Gasteiger charge is -2.22. The van der Waals surface area contributed by atoms with Gasteiger partial charge in [0.25, 0.3) is 0 Å². The van der Waals surface area contributed by atoms with Gasteiger partial charge in [-0.25, -0.2) is 0 Å². The van der Waals surface area contributed by atoms with Crippen LogP contribution >= 0.6 is 12.2 Å². The van der Waals surface area contributed by atoms with Crippen LogP contribution in [0.15, 0.2) is 54.6 Å². The molecule has 1 atom stereocenters. The van der Waals surface area contributed by atoms with E-state index in [9.17, 15) is 0 Å². The first-order valence-corrected chi connectivity index (χ1v) is 9.06. The van der Waals surface area contributed by atoms with E-state index in [2.05, 4.69) is 53.5 Å². The number of thiocarbonyl (C=S) groups is 1. The number of hydrogen-bond donors (Lipinski definition) is 1. The predicted molar refractivity (Wildman–Crippen MR) is 104 cm³/mol. The molecule has 126 valence electrons. The third-order valence-electron chi connectivity index (χ3n) is 4.26. The fraction of sp³-hybridized carbons (Fsp3) is 0.350. The molecule has 0 saturated carbocycles. The molecule has 3 rings (SSSR count). The zero-order valence-electron chi connectivity index (χ0n) is 14.1. The average Bonchev–Trinajstić information content (AvgIpc) is 3.05. The van der Waals surface area contributed by atoms with Gasteiger partial charge in [0.05, 0.1) is 0 Å². The number of anilines is 1. The number of rotatable bonds is 7. The first kappa shape index (κ1) is 16.8. The summed E-state index contributed by atoms with van der Waals surface area (Å²) in [6, 6.07) is 18.7. The van der Waals surface area contributed by atoms with Gasteiger partial charge in [-0.1, -0.05) is 49.7 Å². The molecular formula is C20H24N2OS. The zero-order chi connectivity index (χ0) is 16.8. The smallest absolute Gasteiger partial charge is 0.173 e. The SMILES string of the molecule is CCCCC(Oc1cccc(N2CCNC2=S)c1)c1ccccc1. The molecule has 0 radical (unpaired) electrons. The molecule has 24 heavy (non-hydrogen) atoms. The van der Waals surface area contributed by atoms with Crippen LogP contribution in [0.1, 0.15) is 37.9 Å². The van der Waals surface area contributed by atoms with Crippen molar-refractivity contribution >= 4 is 23.0 Å². The van der Waals surface area contributed by atoms with Crippen molar-refractivity contribution < 1.29 is 4.74 Å². The third-order valence-corrected chi connectivity index (χ3v) is 4.62. The van der Waals surface area contributed by atoms with Crippen molar-refractivity contribution in [1.29, 1.82) is 0 Å². The van der Waals surface area contributed by atoms with E-state index < -0.39 is 0 Å². The maximum atomic E-state index is 6.35. The zero-order valence-corrected chi connectivity index (χ0v) is 14.9. The van der Waals surface area contributed by atoms with E-state index in [1.165, 1.54) is 12.0 Å². The van der Waals surface area contributed by atoms with Crippen LogP contribution in [0.25, 0.3) is 0 Å². The molecule has 1 aliphatic heterocycles. The second kappa shape index (κ2) is 8.15. The summed E-state index contributed by atoms with van der Waals surface area (Å²) in [5.74, 6) is 0.896. The number of unbranched alkanes of at least 4 members (excludes halogenated alkanes) is 1. The lowest BCUT2D eigenvalue weighted by Crippen LogP contribution is -2.27. The van der Waals surface area contributed by atoms with Gasteiger partial charge in [0.1, 0.15) is 11.9 Å². The lowest BCUT2D eigenvalue weighted by molar-refractivity contribution is 0.191. The fourth-order valence-electron chi connectivity index (χ4n) is 2.96. The lowest BCUT2D eigenvalue weighted by atomic mass is 10.0. The van der Waals surface area contributed by atoms with Gasteiger partial charge in [-0.05, 0) is 42.8 Å². The number of ether oxygens (including phenoxy) is 1. The molecule has 4 heteroatoms. The highest BCUT2D eigenvalue weighted by Crippen LogP contribution is 2.29. The molecule has 1 unspecified atom stereocenters. The van der Waals surface area contributed by atoms with Crippen molar-refractivity contribution in [2.24, 2.45) is 0 Å². The molecule has 0 spiro atoms. The van der Waals surface area contributed by atoms with E-state index >= 15 is 0 Å². The second-order valence-electron chi connectivity index (χ2n) is 6.04.